The van der Waals surface area contributed by atoms with Gasteiger partial charge in [0.25, 0.3) is 0 Å². The van der Waals surface area contributed by atoms with Gasteiger partial charge in [0.05, 0.1) is 46.5 Å². The molecule has 7 rings (SSSR count). The lowest BCUT2D eigenvalue weighted by Gasteiger charge is -2.26. The molecule has 3 heterocycles. The monoisotopic (exact) mass is 636 g/mol. The van der Waals surface area contributed by atoms with Crippen molar-refractivity contribution in [3.8, 4) is 51.4 Å². The summed E-state index contributed by atoms with van der Waals surface area (Å²) in [4.78, 5) is 26.6. The molecule has 4 aromatic carbocycles. The Morgan fingerprint density at radius 1 is 0.851 bits per heavy atom. The van der Waals surface area contributed by atoms with Crippen molar-refractivity contribution >= 4 is 16.9 Å². The molecule has 0 saturated heterocycles. The predicted octanol–water partition coefficient (Wildman–Crippen LogP) is 6.19. The van der Waals surface area contributed by atoms with E-state index in [4.69, 9.17) is 32.8 Å². The van der Waals surface area contributed by atoms with Crippen LogP contribution in [0.25, 0.3) is 22.1 Å². The molecule has 0 spiro atoms. The van der Waals surface area contributed by atoms with E-state index in [-0.39, 0.29) is 34.5 Å². The van der Waals surface area contributed by atoms with Crippen molar-refractivity contribution < 1.29 is 42.7 Å². The number of hydrogen-bond donors (Lipinski definition) is 1. The summed E-state index contributed by atoms with van der Waals surface area (Å²) in [6.07, 6.45) is 2.94. The molecule has 0 aliphatic carbocycles. The smallest absolute Gasteiger partial charge is 0.312 e. The minimum Gasteiger partial charge on any atom is -0.507 e. The van der Waals surface area contributed by atoms with Gasteiger partial charge in [-0.05, 0) is 52.6 Å². The van der Waals surface area contributed by atoms with Crippen LogP contribution in [0.4, 0.5) is 0 Å². The molecule has 10 nitrogen and oxygen atoms in total. The summed E-state index contributed by atoms with van der Waals surface area (Å²) in [5, 5.41) is 11.0. The second-order valence-corrected chi connectivity index (χ2v) is 11.3. The third kappa shape index (κ3) is 5.45. The lowest BCUT2D eigenvalue weighted by molar-refractivity contribution is -0.135. The highest BCUT2D eigenvalue weighted by Gasteiger charge is 2.34. The fraction of sp³-hybridized carbons (Fsp3) is 0.243. The Labute approximate surface area is 270 Å². The molecular formula is C37H32O10. The molecule has 1 aromatic heterocycles. The van der Waals surface area contributed by atoms with Gasteiger partial charge in [0, 0.05) is 30.4 Å². The van der Waals surface area contributed by atoms with E-state index in [0.29, 0.717) is 53.8 Å². The summed E-state index contributed by atoms with van der Waals surface area (Å²) in [6, 6.07) is 18.0. The molecule has 2 aliphatic rings. The van der Waals surface area contributed by atoms with E-state index < -0.39 is 17.3 Å². The Hall–Kier alpha value is -5.64. The Morgan fingerprint density at radius 3 is 2.45 bits per heavy atom. The maximum atomic E-state index is 13.9. The van der Waals surface area contributed by atoms with Crippen LogP contribution in [0.3, 0.4) is 0 Å². The molecule has 1 unspecified atom stereocenters. The van der Waals surface area contributed by atoms with Crippen LogP contribution in [0.15, 0.2) is 76.1 Å². The van der Waals surface area contributed by atoms with Gasteiger partial charge in [-0.3, -0.25) is 9.59 Å². The first-order chi connectivity index (χ1) is 22.9. The SMILES string of the molecule is COc1ccc(-c2coc3c4c(cc(O)c3c2=O)OC(=O)CC4c2ccc(OCCc3ccc4c(c3)CCO4)c(OC)c2)cc1OC. The standard InChI is InChI=1S/C37H32O10/c1-41-28-8-5-22(16-30(28)42-2)25-19-46-37-34-24(17-33(39)47-32(34)18-26(38)35(37)36(25)40)21-6-9-29(31(15-21)43-3)45-12-10-20-4-7-27-23(14-20)11-13-44-27/h4-9,14-16,18-19,24,38H,10-13,17H2,1-3H3. The summed E-state index contributed by atoms with van der Waals surface area (Å²) in [5.41, 5.74) is 3.99. The van der Waals surface area contributed by atoms with Crippen LogP contribution in [-0.4, -0.2) is 45.6 Å². The number of rotatable bonds is 9. The molecule has 47 heavy (non-hydrogen) atoms. The van der Waals surface area contributed by atoms with Gasteiger partial charge in [-0.1, -0.05) is 24.3 Å². The van der Waals surface area contributed by atoms with Gasteiger partial charge < -0.3 is 37.9 Å². The van der Waals surface area contributed by atoms with Gasteiger partial charge in [-0.15, -0.1) is 0 Å². The maximum absolute atomic E-state index is 13.9. The molecule has 5 aromatic rings. The van der Waals surface area contributed by atoms with E-state index in [9.17, 15) is 14.7 Å². The molecule has 0 fully saturated rings. The number of carbonyl (C=O) groups excluding carboxylic acids is 1. The number of phenols is 1. The quantitative estimate of drug-likeness (QED) is 0.148. The lowest BCUT2D eigenvalue weighted by Crippen LogP contribution is -2.22. The Kier molecular flexibility index (Phi) is 7.85. The van der Waals surface area contributed by atoms with Crippen LogP contribution in [-0.2, 0) is 17.6 Å². The van der Waals surface area contributed by atoms with Crippen LogP contribution in [0.1, 0.15) is 34.6 Å². The van der Waals surface area contributed by atoms with Crippen LogP contribution in [0, 0.1) is 0 Å². The van der Waals surface area contributed by atoms with E-state index in [1.165, 1.54) is 32.1 Å². The highest BCUT2D eigenvalue weighted by molar-refractivity contribution is 5.94. The van der Waals surface area contributed by atoms with E-state index in [2.05, 4.69) is 6.07 Å². The zero-order valence-corrected chi connectivity index (χ0v) is 26.1. The van der Waals surface area contributed by atoms with Gasteiger partial charge in [0.1, 0.15) is 34.5 Å². The van der Waals surface area contributed by atoms with Crippen LogP contribution in [0.5, 0.6) is 40.2 Å². The third-order valence-corrected chi connectivity index (χ3v) is 8.66. The fourth-order valence-corrected chi connectivity index (χ4v) is 6.31. The second-order valence-electron chi connectivity index (χ2n) is 11.3. The normalized spacial score (nSPS) is 15.0. The van der Waals surface area contributed by atoms with Gasteiger partial charge in [-0.25, -0.2) is 0 Å². The summed E-state index contributed by atoms with van der Waals surface area (Å²) in [7, 11) is 4.58. The zero-order chi connectivity index (χ0) is 32.7. The molecule has 10 heteroatoms. The van der Waals surface area contributed by atoms with Crippen molar-refractivity contribution in [3.05, 3.63) is 99.4 Å². The van der Waals surface area contributed by atoms with Crippen molar-refractivity contribution in [2.24, 2.45) is 0 Å². The predicted molar refractivity (Wildman–Crippen MR) is 173 cm³/mol. The Bertz CT molecular complexity index is 2080. The number of carbonyl (C=O) groups is 1. The minimum atomic E-state index is -0.555. The second kappa shape index (κ2) is 12.3. The summed E-state index contributed by atoms with van der Waals surface area (Å²) >= 11 is 0. The minimum absolute atomic E-state index is 0.0145. The molecule has 2 aliphatic heterocycles. The average Bonchev–Trinajstić information content (AvgIpc) is 3.55. The molecule has 0 bridgehead atoms. The number of fused-ring (bicyclic) bond motifs is 4. The number of ether oxygens (including phenoxy) is 6. The average molecular weight is 637 g/mol. The summed E-state index contributed by atoms with van der Waals surface area (Å²) < 4.78 is 39.7. The first-order valence-electron chi connectivity index (χ1n) is 15.2. The van der Waals surface area contributed by atoms with Gasteiger partial charge >= 0.3 is 5.97 Å². The number of methoxy groups -OCH3 is 3. The van der Waals surface area contributed by atoms with Crippen LogP contribution in [0.2, 0.25) is 0 Å². The molecule has 0 saturated carbocycles. The van der Waals surface area contributed by atoms with E-state index in [1.807, 2.05) is 24.3 Å². The van der Waals surface area contributed by atoms with Crippen molar-refractivity contribution in [3.63, 3.8) is 0 Å². The molecule has 0 amide bonds. The van der Waals surface area contributed by atoms with Crippen LogP contribution >= 0.6 is 0 Å². The highest BCUT2D eigenvalue weighted by Crippen LogP contribution is 2.47. The molecule has 240 valence electrons. The van der Waals surface area contributed by atoms with Crippen LogP contribution < -0.4 is 33.8 Å². The largest absolute Gasteiger partial charge is 0.507 e. The highest BCUT2D eigenvalue weighted by atomic mass is 16.5. The van der Waals surface area contributed by atoms with E-state index in [1.54, 1.807) is 31.4 Å². The van der Waals surface area contributed by atoms with Crippen molar-refractivity contribution in [1.82, 2.24) is 0 Å². The fourth-order valence-electron chi connectivity index (χ4n) is 6.31. The lowest BCUT2D eigenvalue weighted by atomic mass is 9.84. The van der Waals surface area contributed by atoms with Crippen molar-refractivity contribution in [2.45, 2.75) is 25.2 Å². The first kappa shape index (κ1) is 30.0. The Balaban J connectivity index is 1.22. The zero-order valence-electron chi connectivity index (χ0n) is 26.1. The molecule has 1 N–H and O–H groups in total. The summed E-state index contributed by atoms with van der Waals surface area (Å²) in [5.74, 6) is 1.66. The molecule has 1 atom stereocenters. The van der Waals surface area contributed by atoms with Gasteiger partial charge in [0.15, 0.2) is 23.0 Å². The van der Waals surface area contributed by atoms with Crippen molar-refractivity contribution in [1.29, 1.82) is 0 Å². The number of hydrogen-bond acceptors (Lipinski definition) is 10. The first-order valence-corrected chi connectivity index (χ1v) is 15.2. The molecule has 0 radical (unpaired) electrons. The number of benzene rings is 4. The summed E-state index contributed by atoms with van der Waals surface area (Å²) in [6.45, 7) is 1.15. The number of aromatic hydroxyl groups is 1. The molecular weight excluding hydrogens is 604 g/mol. The van der Waals surface area contributed by atoms with E-state index >= 15 is 0 Å². The van der Waals surface area contributed by atoms with Crippen molar-refractivity contribution in [2.75, 3.05) is 34.5 Å². The van der Waals surface area contributed by atoms with Gasteiger partial charge in [-0.2, -0.15) is 0 Å². The third-order valence-electron chi connectivity index (χ3n) is 8.66. The van der Waals surface area contributed by atoms with E-state index in [0.717, 1.165) is 23.3 Å². The number of esters is 1. The topological polar surface area (TPSA) is 123 Å². The maximum Gasteiger partial charge on any atom is 0.312 e. The van der Waals surface area contributed by atoms with Gasteiger partial charge in [0.2, 0.25) is 5.43 Å². The number of phenolic OH excluding ortho intramolecular Hbond substituents is 1. The Morgan fingerprint density at radius 2 is 1.64 bits per heavy atom.